The molecule has 0 aromatic carbocycles. The van der Waals surface area contributed by atoms with Gasteiger partial charge in [0, 0.05) is 6.54 Å². The Bertz CT molecular complexity index is 586. The minimum absolute atomic E-state index is 0.170. The summed E-state index contributed by atoms with van der Waals surface area (Å²) in [6.07, 6.45) is 0.635. The maximum absolute atomic E-state index is 11.8. The van der Waals surface area contributed by atoms with Gasteiger partial charge in [0.15, 0.2) is 0 Å². The highest BCUT2D eigenvalue weighted by Crippen LogP contribution is 2.13. The minimum atomic E-state index is -3.63. The Balaban J connectivity index is 1.95. The van der Waals surface area contributed by atoms with E-state index in [-0.39, 0.29) is 17.5 Å². The highest BCUT2D eigenvalue weighted by atomic mass is 32.2. The fourth-order valence-corrected chi connectivity index (χ4v) is 3.10. The fraction of sp³-hybridized carbons (Fsp3) is 0.273. The van der Waals surface area contributed by atoms with E-state index in [1.807, 2.05) is 16.8 Å². The van der Waals surface area contributed by atoms with E-state index in [1.165, 1.54) is 12.1 Å². The summed E-state index contributed by atoms with van der Waals surface area (Å²) in [4.78, 5) is 0. The molecule has 98 valence electrons. The third-order valence-electron chi connectivity index (χ3n) is 2.34. The van der Waals surface area contributed by atoms with Crippen LogP contribution in [0.2, 0.25) is 0 Å². The van der Waals surface area contributed by atoms with Crippen LogP contribution in [-0.2, 0) is 23.1 Å². The molecular weight excluding hydrogens is 274 g/mol. The van der Waals surface area contributed by atoms with Gasteiger partial charge in [-0.3, -0.25) is 0 Å². The van der Waals surface area contributed by atoms with Crippen molar-refractivity contribution >= 4 is 21.4 Å². The summed E-state index contributed by atoms with van der Waals surface area (Å²) in [5.41, 5.74) is 1.10. The number of nitrogens with one attached hydrogen (secondary N) is 1. The number of furan rings is 1. The summed E-state index contributed by atoms with van der Waals surface area (Å²) in [5.74, 6) is 0.230. The smallest absolute Gasteiger partial charge is 0.273 e. The molecule has 0 amide bonds. The van der Waals surface area contributed by atoms with Crippen molar-refractivity contribution in [1.29, 1.82) is 0 Å². The van der Waals surface area contributed by atoms with Gasteiger partial charge in [-0.15, -0.1) is 0 Å². The minimum Gasteiger partial charge on any atom is -0.446 e. The van der Waals surface area contributed by atoms with E-state index in [0.717, 1.165) is 5.56 Å². The molecule has 2 N–H and O–H groups in total. The lowest BCUT2D eigenvalue weighted by molar-refractivity contribution is 0.236. The first-order valence-corrected chi connectivity index (χ1v) is 7.75. The maximum atomic E-state index is 11.8. The van der Waals surface area contributed by atoms with Crippen LogP contribution >= 0.6 is 11.3 Å². The van der Waals surface area contributed by atoms with Gasteiger partial charge in [-0.2, -0.15) is 11.3 Å². The first-order chi connectivity index (χ1) is 8.62. The highest BCUT2D eigenvalue weighted by Gasteiger charge is 2.17. The van der Waals surface area contributed by atoms with E-state index in [4.69, 9.17) is 9.52 Å². The van der Waals surface area contributed by atoms with Crippen molar-refractivity contribution in [2.24, 2.45) is 0 Å². The third kappa shape index (κ3) is 3.20. The van der Waals surface area contributed by atoms with Crippen molar-refractivity contribution in [3.05, 3.63) is 40.3 Å². The normalized spacial score (nSPS) is 11.8. The van der Waals surface area contributed by atoms with Crippen molar-refractivity contribution < 1.29 is 17.9 Å². The van der Waals surface area contributed by atoms with Crippen LogP contribution in [0.3, 0.4) is 0 Å². The number of rotatable bonds is 6. The van der Waals surface area contributed by atoms with Crippen LogP contribution in [0.5, 0.6) is 0 Å². The summed E-state index contributed by atoms with van der Waals surface area (Å²) in [5, 5.41) is 12.6. The second kappa shape index (κ2) is 5.66. The molecule has 0 spiro atoms. The second-order valence-electron chi connectivity index (χ2n) is 3.66. The molecule has 0 radical (unpaired) electrons. The zero-order valence-corrected chi connectivity index (χ0v) is 11.1. The zero-order chi connectivity index (χ0) is 13.0. The number of hydrogen-bond donors (Lipinski definition) is 2. The maximum Gasteiger partial charge on any atom is 0.273 e. The summed E-state index contributed by atoms with van der Waals surface area (Å²) < 4.78 is 31.1. The first kappa shape index (κ1) is 13.3. The van der Waals surface area contributed by atoms with Crippen molar-refractivity contribution in [3.63, 3.8) is 0 Å². The molecular formula is C11H13NO4S2. The molecule has 0 aliphatic carbocycles. The fourth-order valence-electron chi connectivity index (χ4n) is 1.42. The van der Waals surface area contributed by atoms with E-state index in [1.54, 1.807) is 11.3 Å². The molecule has 2 heterocycles. The van der Waals surface area contributed by atoms with Crippen LogP contribution < -0.4 is 4.72 Å². The Hall–Kier alpha value is -1.15. The Morgan fingerprint density at radius 3 is 2.78 bits per heavy atom. The lowest BCUT2D eigenvalue weighted by atomic mass is 10.2. The van der Waals surface area contributed by atoms with Gasteiger partial charge in [0.05, 0.1) is 0 Å². The number of aliphatic hydroxyl groups excluding tert-OH is 1. The average molecular weight is 287 g/mol. The highest BCUT2D eigenvalue weighted by molar-refractivity contribution is 7.89. The van der Waals surface area contributed by atoms with Crippen LogP contribution in [0.25, 0.3) is 0 Å². The molecule has 2 aromatic rings. The van der Waals surface area contributed by atoms with Gasteiger partial charge in [0.2, 0.25) is 5.09 Å². The van der Waals surface area contributed by atoms with E-state index in [9.17, 15) is 8.42 Å². The Labute approximate surface area is 109 Å². The van der Waals surface area contributed by atoms with Gasteiger partial charge in [0.25, 0.3) is 10.0 Å². The van der Waals surface area contributed by atoms with Crippen LogP contribution in [0.15, 0.2) is 38.5 Å². The van der Waals surface area contributed by atoms with Crippen molar-refractivity contribution in [1.82, 2.24) is 4.72 Å². The largest absolute Gasteiger partial charge is 0.446 e. The molecule has 0 saturated carbocycles. The molecule has 5 nitrogen and oxygen atoms in total. The average Bonchev–Trinajstić information content (AvgIpc) is 2.99. The molecule has 0 saturated heterocycles. The molecule has 7 heteroatoms. The molecule has 2 rings (SSSR count). The lowest BCUT2D eigenvalue weighted by Crippen LogP contribution is -2.25. The Kier molecular flexibility index (Phi) is 4.18. The Morgan fingerprint density at radius 2 is 2.17 bits per heavy atom. The molecule has 0 unspecified atom stereocenters. The molecule has 0 atom stereocenters. The number of sulfonamides is 1. The Morgan fingerprint density at radius 1 is 1.33 bits per heavy atom. The van der Waals surface area contributed by atoms with E-state index in [2.05, 4.69) is 4.72 Å². The van der Waals surface area contributed by atoms with Crippen LogP contribution in [0, 0.1) is 0 Å². The predicted octanol–water partition coefficient (Wildman–Crippen LogP) is 1.35. The van der Waals surface area contributed by atoms with Crippen molar-refractivity contribution in [2.75, 3.05) is 6.54 Å². The quantitative estimate of drug-likeness (QED) is 0.840. The summed E-state index contributed by atoms with van der Waals surface area (Å²) in [7, 11) is -3.63. The lowest BCUT2D eigenvalue weighted by Gasteiger charge is -2.03. The van der Waals surface area contributed by atoms with Crippen LogP contribution in [0.1, 0.15) is 11.3 Å². The molecule has 0 bridgehead atoms. The van der Waals surface area contributed by atoms with Crippen molar-refractivity contribution in [3.8, 4) is 0 Å². The number of hydrogen-bond acceptors (Lipinski definition) is 5. The SMILES string of the molecule is O=S(=O)(NCCc1ccsc1)c1ccc(CO)o1. The molecule has 2 aromatic heterocycles. The van der Waals surface area contributed by atoms with Crippen molar-refractivity contribution in [2.45, 2.75) is 18.1 Å². The second-order valence-corrected chi connectivity index (χ2v) is 6.14. The van der Waals surface area contributed by atoms with Crippen LogP contribution in [0.4, 0.5) is 0 Å². The number of thiophene rings is 1. The number of aliphatic hydroxyl groups is 1. The van der Waals surface area contributed by atoms with Gasteiger partial charge in [-0.25, -0.2) is 13.1 Å². The topological polar surface area (TPSA) is 79.5 Å². The van der Waals surface area contributed by atoms with Gasteiger partial charge in [-0.05, 0) is 40.9 Å². The third-order valence-corrected chi connectivity index (χ3v) is 4.41. The standard InChI is InChI=1S/C11H13NO4S2/c13-7-10-1-2-11(16-10)18(14,15)12-5-3-9-4-6-17-8-9/h1-2,4,6,8,12-13H,3,5,7H2. The molecule has 0 fully saturated rings. The predicted molar refractivity (Wildman–Crippen MR) is 67.8 cm³/mol. The zero-order valence-electron chi connectivity index (χ0n) is 9.50. The molecule has 0 aliphatic heterocycles. The monoisotopic (exact) mass is 287 g/mol. The van der Waals surface area contributed by atoms with Gasteiger partial charge in [-0.1, -0.05) is 0 Å². The first-order valence-electron chi connectivity index (χ1n) is 5.32. The summed E-state index contributed by atoms with van der Waals surface area (Å²) >= 11 is 1.58. The van der Waals surface area contributed by atoms with Gasteiger partial charge < -0.3 is 9.52 Å². The van der Waals surface area contributed by atoms with Gasteiger partial charge >= 0.3 is 0 Å². The van der Waals surface area contributed by atoms with Gasteiger partial charge in [0.1, 0.15) is 12.4 Å². The molecule has 18 heavy (non-hydrogen) atoms. The van der Waals surface area contributed by atoms with E-state index >= 15 is 0 Å². The summed E-state index contributed by atoms with van der Waals surface area (Å²) in [6, 6.07) is 4.72. The molecule has 0 aliphatic rings. The summed E-state index contributed by atoms with van der Waals surface area (Å²) in [6.45, 7) is -0.00134. The van der Waals surface area contributed by atoms with E-state index in [0.29, 0.717) is 13.0 Å². The van der Waals surface area contributed by atoms with E-state index < -0.39 is 10.0 Å². The van der Waals surface area contributed by atoms with Crippen LogP contribution in [-0.4, -0.2) is 20.1 Å².